The molecule has 5 rings (SSSR count). The van der Waals surface area contributed by atoms with Crippen LogP contribution in [0, 0.1) is 19.8 Å². The maximum absolute atomic E-state index is 11.7. The van der Waals surface area contributed by atoms with Gasteiger partial charge in [-0.3, -0.25) is 9.59 Å². The third-order valence-corrected chi connectivity index (χ3v) is 8.29. The van der Waals surface area contributed by atoms with Crippen LogP contribution in [0.4, 0.5) is 0 Å². The highest BCUT2D eigenvalue weighted by molar-refractivity contribution is 5.71. The number of phenols is 1. The van der Waals surface area contributed by atoms with Crippen LogP contribution in [0.1, 0.15) is 81.0 Å². The molecular formula is C28H32O6. The number of carbonyl (C=O) groups excluding carboxylic acids is 2. The summed E-state index contributed by atoms with van der Waals surface area (Å²) in [6.07, 6.45) is 7.28. The molecule has 2 aliphatic carbocycles. The van der Waals surface area contributed by atoms with Gasteiger partial charge in [-0.15, -0.1) is 0 Å². The van der Waals surface area contributed by atoms with Crippen LogP contribution >= 0.6 is 0 Å². The van der Waals surface area contributed by atoms with Gasteiger partial charge in [0.1, 0.15) is 28.6 Å². The molecule has 2 aromatic carbocycles. The summed E-state index contributed by atoms with van der Waals surface area (Å²) in [4.78, 5) is 23.2. The second kappa shape index (κ2) is 8.03. The van der Waals surface area contributed by atoms with Crippen molar-refractivity contribution in [3.05, 3.63) is 46.5 Å². The molecule has 0 bridgehead atoms. The second-order valence-corrected chi connectivity index (χ2v) is 10.1. The Morgan fingerprint density at radius 3 is 2.09 bits per heavy atom. The lowest BCUT2D eigenvalue weighted by molar-refractivity contribution is -0.132. The molecular weight excluding hydrogens is 432 g/mol. The topological polar surface area (TPSA) is 82.1 Å². The zero-order valence-corrected chi connectivity index (χ0v) is 20.3. The van der Waals surface area contributed by atoms with Gasteiger partial charge in [0, 0.05) is 47.4 Å². The van der Waals surface area contributed by atoms with Gasteiger partial charge in [0.25, 0.3) is 0 Å². The Kier molecular flexibility index (Phi) is 5.38. The van der Waals surface area contributed by atoms with Crippen LogP contribution in [0.15, 0.2) is 24.3 Å². The summed E-state index contributed by atoms with van der Waals surface area (Å²) in [7, 11) is 0. The van der Waals surface area contributed by atoms with Crippen LogP contribution in [0.25, 0.3) is 0 Å². The van der Waals surface area contributed by atoms with Crippen molar-refractivity contribution in [3.8, 4) is 23.0 Å². The third kappa shape index (κ3) is 3.22. The van der Waals surface area contributed by atoms with Gasteiger partial charge in [-0.2, -0.15) is 0 Å². The summed E-state index contributed by atoms with van der Waals surface area (Å²) in [5.74, 6) is 1.21. The first-order valence-corrected chi connectivity index (χ1v) is 12.2. The van der Waals surface area contributed by atoms with Gasteiger partial charge in [0.15, 0.2) is 0 Å². The molecule has 1 N–H and O–H groups in total. The summed E-state index contributed by atoms with van der Waals surface area (Å²) in [5, 5.41) is 11.4. The second-order valence-electron chi connectivity index (χ2n) is 10.1. The average molecular weight is 465 g/mol. The Morgan fingerprint density at radius 2 is 1.47 bits per heavy atom. The number of esters is 2. The minimum atomic E-state index is -0.694. The molecule has 1 heterocycles. The van der Waals surface area contributed by atoms with E-state index in [1.54, 1.807) is 13.0 Å². The van der Waals surface area contributed by atoms with Crippen molar-refractivity contribution in [3.63, 3.8) is 0 Å². The van der Waals surface area contributed by atoms with E-state index in [0.717, 1.165) is 61.8 Å². The van der Waals surface area contributed by atoms with Gasteiger partial charge >= 0.3 is 11.9 Å². The smallest absolute Gasteiger partial charge is 0.308 e. The summed E-state index contributed by atoms with van der Waals surface area (Å²) >= 11 is 0. The van der Waals surface area contributed by atoms with E-state index in [1.807, 2.05) is 19.1 Å². The molecule has 2 saturated carbocycles. The molecule has 2 unspecified atom stereocenters. The lowest BCUT2D eigenvalue weighted by atomic mass is 9.60. The molecule has 2 aromatic rings. The summed E-state index contributed by atoms with van der Waals surface area (Å²) < 4.78 is 17.8. The van der Waals surface area contributed by atoms with Gasteiger partial charge in [0.2, 0.25) is 0 Å². The fourth-order valence-electron chi connectivity index (χ4n) is 6.94. The Morgan fingerprint density at radius 1 is 0.882 bits per heavy atom. The highest BCUT2D eigenvalue weighted by Crippen LogP contribution is 2.66. The molecule has 6 heteroatoms. The van der Waals surface area contributed by atoms with Crippen molar-refractivity contribution in [2.45, 2.75) is 83.7 Å². The van der Waals surface area contributed by atoms with Crippen molar-refractivity contribution >= 4 is 11.9 Å². The van der Waals surface area contributed by atoms with Crippen LogP contribution in [0.2, 0.25) is 0 Å². The molecule has 3 aliphatic rings. The zero-order valence-electron chi connectivity index (χ0n) is 20.3. The molecule has 0 saturated heterocycles. The third-order valence-electron chi connectivity index (χ3n) is 8.29. The first-order valence-electron chi connectivity index (χ1n) is 12.2. The zero-order chi connectivity index (χ0) is 24.3. The SMILES string of the molecule is CC(=O)Oc1ccc(C23CCCC2C2(CCCC2)c2ccc(OC(C)=O)c(C)c2O3)c(O)c1C. The minimum Gasteiger partial charge on any atom is -0.507 e. The van der Waals surface area contributed by atoms with Crippen LogP contribution in [-0.4, -0.2) is 17.0 Å². The predicted molar refractivity (Wildman–Crippen MR) is 126 cm³/mol. The van der Waals surface area contributed by atoms with E-state index in [9.17, 15) is 14.7 Å². The summed E-state index contributed by atoms with van der Waals surface area (Å²) in [5.41, 5.74) is 2.56. The molecule has 0 amide bonds. The maximum Gasteiger partial charge on any atom is 0.308 e. The van der Waals surface area contributed by atoms with E-state index in [4.69, 9.17) is 14.2 Å². The highest BCUT2D eigenvalue weighted by atomic mass is 16.5. The van der Waals surface area contributed by atoms with E-state index in [2.05, 4.69) is 6.07 Å². The number of benzene rings is 2. The van der Waals surface area contributed by atoms with E-state index < -0.39 is 11.6 Å². The van der Waals surface area contributed by atoms with E-state index in [1.165, 1.54) is 19.4 Å². The van der Waals surface area contributed by atoms with E-state index in [0.29, 0.717) is 17.1 Å². The number of fused-ring (bicyclic) bond motifs is 4. The average Bonchev–Trinajstić information content (AvgIpc) is 3.42. The van der Waals surface area contributed by atoms with Gasteiger partial charge in [-0.1, -0.05) is 18.9 Å². The van der Waals surface area contributed by atoms with Crippen molar-refractivity contribution < 1.29 is 28.9 Å². The van der Waals surface area contributed by atoms with Gasteiger partial charge in [-0.05, 0) is 64.2 Å². The summed E-state index contributed by atoms with van der Waals surface area (Å²) in [6, 6.07) is 7.61. The lowest BCUT2D eigenvalue weighted by Crippen LogP contribution is -2.51. The van der Waals surface area contributed by atoms with Gasteiger partial charge < -0.3 is 19.3 Å². The monoisotopic (exact) mass is 464 g/mol. The first kappa shape index (κ1) is 22.8. The standard InChI is InChI=1S/C28H32O6/c1-16-22(32-18(3)29)11-9-20(25(16)31)28-15-7-8-24(28)27(13-5-6-14-27)21-10-12-23(33-19(4)30)17(2)26(21)34-28/h9-12,24,31H,5-8,13-15H2,1-4H3. The number of rotatable bonds is 3. The molecule has 2 atom stereocenters. The predicted octanol–water partition coefficient (Wildman–Crippen LogP) is 5.76. The van der Waals surface area contributed by atoms with Gasteiger partial charge in [0.05, 0.1) is 0 Å². The van der Waals surface area contributed by atoms with Crippen LogP contribution in [-0.2, 0) is 20.6 Å². The number of ether oxygens (including phenoxy) is 3. The number of carbonyl (C=O) groups is 2. The lowest BCUT2D eigenvalue weighted by Gasteiger charge is -2.52. The van der Waals surface area contributed by atoms with E-state index >= 15 is 0 Å². The van der Waals surface area contributed by atoms with Crippen molar-refractivity contribution in [2.75, 3.05) is 0 Å². The Balaban J connectivity index is 1.71. The Bertz CT molecular complexity index is 1180. The molecule has 6 nitrogen and oxygen atoms in total. The first-order chi connectivity index (χ1) is 16.2. The molecule has 180 valence electrons. The molecule has 0 radical (unpaired) electrons. The van der Waals surface area contributed by atoms with Crippen LogP contribution in [0.3, 0.4) is 0 Å². The largest absolute Gasteiger partial charge is 0.507 e. The van der Waals surface area contributed by atoms with Crippen molar-refractivity contribution in [1.29, 1.82) is 0 Å². The summed E-state index contributed by atoms with van der Waals surface area (Å²) in [6.45, 7) is 6.46. The fourth-order valence-corrected chi connectivity index (χ4v) is 6.94. The van der Waals surface area contributed by atoms with Crippen LogP contribution in [0.5, 0.6) is 23.0 Å². The minimum absolute atomic E-state index is 0.0432. The molecule has 1 aliphatic heterocycles. The van der Waals surface area contributed by atoms with Gasteiger partial charge in [-0.25, -0.2) is 0 Å². The number of aromatic hydroxyl groups is 1. The van der Waals surface area contributed by atoms with Crippen molar-refractivity contribution in [2.24, 2.45) is 5.92 Å². The normalized spacial score (nSPS) is 24.3. The number of phenolic OH excluding ortho intramolecular Hbond substituents is 1. The molecule has 2 fully saturated rings. The van der Waals surface area contributed by atoms with Crippen molar-refractivity contribution in [1.82, 2.24) is 0 Å². The Labute approximate surface area is 200 Å². The highest BCUT2D eigenvalue weighted by Gasteiger charge is 2.62. The fraction of sp³-hybridized carbons (Fsp3) is 0.500. The molecule has 1 spiro atoms. The Hall–Kier alpha value is -3.02. The van der Waals surface area contributed by atoms with E-state index in [-0.39, 0.29) is 23.1 Å². The molecule has 0 aromatic heterocycles. The van der Waals surface area contributed by atoms with Crippen LogP contribution < -0.4 is 14.2 Å². The quantitative estimate of drug-likeness (QED) is 0.459. The maximum atomic E-state index is 11.7. The number of hydrogen-bond donors (Lipinski definition) is 1. The number of hydrogen-bond acceptors (Lipinski definition) is 6. The molecule has 34 heavy (non-hydrogen) atoms.